The molecule has 8 heteroatoms. The average Bonchev–Trinajstić information content (AvgIpc) is 3.36. The van der Waals surface area contributed by atoms with Crippen LogP contribution in [0.3, 0.4) is 0 Å². The number of fused-ring (bicyclic) bond motifs is 2. The minimum Gasteiger partial charge on any atom is -0.496 e. The Balaban J connectivity index is 1.54. The molecule has 0 aliphatic carbocycles. The van der Waals surface area contributed by atoms with Crippen molar-refractivity contribution in [2.45, 2.75) is 6.92 Å². The first-order valence-corrected chi connectivity index (χ1v) is 10.4. The van der Waals surface area contributed by atoms with Gasteiger partial charge in [-0.05, 0) is 42.0 Å². The first-order valence-electron chi connectivity index (χ1n) is 9.54. The van der Waals surface area contributed by atoms with E-state index in [1.165, 1.54) is 29.2 Å². The summed E-state index contributed by atoms with van der Waals surface area (Å²) in [6.45, 7) is 1.82. The number of carbonyl (C=O) groups excluding carboxylic acids is 1. The molecular formula is C23H17FN4O2S. The van der Waals surface area contributed by atoms with Gasteiger partial charge in [0.2, 0.25) is 5.13 Å². The van der Waals surface area contributed by atoms with E-state index in [0.717, 1.165) is 10.8 Å². The van der Waals surface area contributed by atoms with E-state index in [4.69, 9.17) is 4.74 Å². The smallest absolute Gasteiger partial charge is 0.260 e. The van der Waals surface area contributed by atoms with Crippen molar-refractivity contribution in [2.24, 2.45) is 0 Å². The first kappa shape index (κ1) is 19.2. The molecular weight excluding hydrogens is 415 g/mol. The zero-order valence-electron chi connectivity index (χ0n) is 16.7. The highest BCUT2D eigenvalue weighted by Gasteiger charge is 2.19. The molecule has 0 saturated carbocycles. The van der Waals surface area contributed by atoms with Crippen molar-refractivity contribution in [3.8, 4) is 10.9 Å². The van der Waals surface area contributed by atoms with E-state index in [9.17, 15) is 9.18 Å². The average molecular weight is 432 g/mol. The maximum absolute atomic E-state index is 14.1. The molecule has 2 heterocycles. The van der Waals surface area contributed by atoms with Gasteiger partial charge in [-0.15, -0.1) is 0 Å². The molecule has 0 atom stereocenters. The van der Waals surface area contributed by atoms with Gasteiger partial charge in [0.25, 0.3) is 5.91 Å². The molecule has 2 aromatic heterocycles. The molecule has 0 saturated heterocycles. The van der Waals surface area contributed by atoms with Gasteiger partial charge >= 0.3 is 0 Å². The predicted molar refractivity (Wildman–Crippen MR) is 120 cm³/mol. The first-order chi connectivity index (χ1) is 15.0. The van der Waals surface area contributed by atoms with Gasteiger partial charge in [0.1, 0.15) is 22.9 Å². The Labute approximate surface area is 180 Å². The van der Waals surface area contributed by atoms with Gasteiger partial charge in [0, 0.05) is 6.07 Å². The summed E-state index contributed by atoms with van der Waals surface area (Å²) < 4.78 is 21.8. The Kier molecular flexibility index (Phi) is 4.63. The molecule has 0 fully saturated rings. The monoisotopic (exact) mass is 432 g/mol. The molecule has 0 aliphatic heterocycles. The normalized spacial score (nSPS) is 11.2. The number of rotatable bonds is 4. The van der Waals surface area contributed by atoms with Crippen molar-refractivity contribution in [1.29, 1.82) is 0 Å². The van der Waals surface area contributed by atoms with Gasteiger partial charge in [0.05, 0.1) is 23.1 Å². The minimum absolute atomic E-state index is 0.282. The Morgan fingerprint density at radius 1 is 1.10 bits per heavy atom. The largest absolute Gasteiger partial charge is 0.496 e. The van der Waals surface area contributed by atoms with Crippen molar-refractivity contribution in [3.63, 3.8) is 0 Å². The van der Waals surface area contributed by atoms with E-state index in [1.807, 2.05) is 37.3 Å². The number of amides is 1. The molecule has 154 valence electrons. The van der Waals surface area contributed by atoms with E-state index in [0.29, 0.717) is 32.7 Å². The van der Waals surface area contributed by atoms with Gasteiger partial charge in [-0.2, -0.15) is 9.78 Å². The van der Waals surface area contributed by atoms with E-state index >= 15 is 0 Å². The van der Waals surface area contributed by atoms with Crippen molar-refractivity contribution < 1.29 is 13.9 Å². The molecule has 31 heavy (non-hydrogen) atoms. The molecule has 5 aromatic rings. The van der Waals surface area contributed by atoms with Crippen molar-refractivity contribution in [1.82, 2.24) is 14.8 Å². The fraction of sp³-hybridized carbons (Fsp3) is 0.0870. The van der Waals surface area contributed by atoms with E-state index in [2.05, 4.69) is 15.4 Å². The summed E-state index contributed by atoms with van der Waals surface area (Å²) in [5.74, 6) is 0.185. The number of para-hydroxylation sites is 1. The van der Waals surface area contributed by atoms with Gasteiger partial charge in [0.15, 0.2) is 0 Å². The van der Waals surface area contributed by atoms with E-state index < -0.39 is 5.82 Å². The van der Waals surface area contributed by atoms with Crippen molar-refractivity contribution in [2.75, 3.05) is 12.4 Å². The summed E-state index contributed by atoms with van der Waals surface area (Å²) in [5.41, 5.74) is 1.38. The minimum atomic E-state index is -0.393. The summed E-state index contributed by atoms with van der Waals surface area (Å²) in [6, 6.07) is 17.9. The molecule has 0 spiro atoms. The number of benzene rings is 3. The number of ether oxygens (including phenoxy) is 1. The van der Waals surface area contributed by atoms with Crippen LogP contribution in [0.1, 0.15) is 16.1 Å². The lowest BCUT2D eigenvalue weighted by atomic mass is 10.1. The highest BCUT2D eigenvalue weighted by atomic mass is 32.1. The highest BCUT2D eigenvalue weighted by Crippen LogP contribution is 2.30. The van der Waals surface area contributed by atoms with Crippen LogP contribution >= 0.6 is 11.3 Å². The van der Waals surface area contributed by atoms with Crippen LogP contribution in [0.15, 0.2) is 60.7 Å². The van der Waals surface area contributed by atoms with Gasteiger partial charge < -0.3 is 10.1 Å². The summed E-state index contributed by atoms with van der Waals surface area (Å²) >= 11 is 1.30. The molecule has 5 rings (SSSR count). The van der Waals surface area contributed by atoms with Crippen LogP contribution in [0.25, 0.3) is 26.1 Å². The Hall–Kier alpha value is -3.78. The Morgan fingerprint density at radius 2 is 1.87 bits per heavy atom. The maximum atomic E-state index is 14.1. The number of methoxy groups -OCH3 is 1. The molecule has 0 aliphatic rings. The summed E-state index contributed by atoms with van der Waals surface area (Å²) in [5, 5.41) is 9.72. The van der Waals surface area contributed by atoms with Crippen molar-refractivity contribution >= 4 is 44.1 Å². The second-order valence-electron chi connectivity index (χ2n) is 7.02. The van der Waals surface area contributed by atoms with Crippen LogP contribution in [0.4, 0.5) is 10.2 Å². The number of nitrogens with one attached hydrogen (secondary N) is 1. The lowest BCUT2D eigenvalue weighted by molar-refractivity contribution is 0.102. The molecule has 0 unspecified atom stereocenters. The highest BCUT2D eigenvalue weighted by molar-refractivity contribution is 7.20. The van der Waals surface area contributed by atoms with Gasteiger partial charge in [-0.1, -0.05) is 41.7 Å². The SMILES string of the molecule is COc1cc2ccccc2cc1C(=O)Nc1cc(C)nn1-c1nc2c(F)cccc2s1. The number of aryl methyl sites for hydroxylation is 1. The van der Waals surface area contributed by atoms with Crippen LogP contribution in [-0.2, 0) is 0 Å². The zero-order chi connectivity index (χ0) is 21.5. The molecule has 1 N–H and O–H groups in total. The van der Waals surface area contributed by atoms with Crippen LogP contribution in [0.2, 0.25) is 0 Å². The number of nitrogens with zero attached hydrogens (tertiary/aromatic N) is 3. The number of anilines is 1. The molecule has 1 amide bonds. The lowest BCUT2D eigenvalue weighted by Crippen LogP contribution is -2.16. The Morgan fingerprint density at radius 3 is 2.61 bits per heavy atom. The Bertz CT molecular complexity index is 1460. The number of carbonyl (C=O) groups is 1. The van der Waals surface area contributed by atoms with Gasteiger partial charge in [-0.25, -0.2) is 9.37 Å². The van der Waals surface area contributed by atoms with Gasteiger partial charge in [-0.3, -0.25) is 4.79 Å². The van der Waals surface area contributed by atoms with Crippen LogP contribution in [-0.4, -0.2) is 27.8 Å². The third-order valence-electron chi connectivity index (χ3n) is 4.93. The number of aromatic nitrogens is 3. The maximum Gasteiger partial charge on any atom is 0.260 e. The predicted octanol–water partition coefficient (Wildman–Crippen LogP) is 5.34. The fourth-order valence-corrected chi connectivity index (χ4v) is 4.42. The third kappa shape index (κ3) is 3.40. The second-order valence-corrected chi connectivity index (χ2v) is 8.03. The summed E-state index contributed by atoms with van der Waals surface area (Å²) in [4.78, 5) is 17.5. The number of hydrogen-bond acceptors (Lipinski definition) is 5. The number of hydrogen-bond donors (Lipinski definition) is 1. The van der Waals surface area contributed by atoms with Crippen molar-refractivity contribution in [3.05, 3.63) is 77.7 Å². The van der Waals surface area contributed by atoms with Crippen LogP contribution in [0, 0.1) is 12.7 Å². The van der Waals surface area contributed by atoms with Crippen LogP contribution < -0.4 is 10.1 Å². The summed E-state index contributed by atoms with van der Waals surface area (Å²) in [7, 11) is 1.53. The van der Waals surface area contributed by atoms with Crippen LogP contribution in [0.5, 0.6) is 5.75 Å². The topological polar surface area (TPSA) is 69.0 Å². The third-order valence-corrected chi connectivity index (χ3v) is 5.92. The quantitative estimate of drug-likeness (QED) is 0.416. The zero-order valence-corrected chi connectivity index (χ0v) is 17.5. The molecule has 3 aromatic carbocycles. The molecule has 0 bridgehead atoms. The second kappa shape index (κ2) is 7.48. The molecule has 0 radical (unpaired) electrons. The molecule has 6 nitrogen and oxygen atoms in total. The lowest BCUT2D eigenvalue weighted by Gasteiger charge is -2.11. The number of thiazole rings is 1. The summed E-state index contributed by atoms with van der Waals surface area (Å²) in [6.07, 6.45) is 0. The fourth-order valence-electron chi connectivity index (χ4n) is 3.48. The van der Waals surface area contributed by atoms with E-state index in [1.54, 1.807) is 24.3 Å². The van der Waals surface area contributed by atoms with E-state index in [-0.39, 0.29) is 11.4 Å². The standard InChI is InChI=1S/C23H17FN4O2S/c1-13-10-20(28(27-13)23-26-21-17(24)8-5-9-19(21)31-23)25-22(29)16-11-14-6-3-4-7-15(14)12-18(16)30-2/h3-12H,1-2H3,(H,25,29). The number of halogens is 1.